The summed E-state index contributed by atoms with van der Waals surface area (Å²) in [4.78, 5) is 13.0. The van der Waals surface area contributed by atoms with Crippen molar-refractivity contribution >= 4 is 17.2 Å². The zero-order valence-corrected chi connectivity index (χ0v) is 11.1. The smallest absolute Gasteiger partial charge is 0.220 e. The first-order chi connectivity index (χ1) is 8.24. The van der Waals surface area contributed by atoms with E-state index in [9.17, 15) is 4.79 Å². The Morgan fingerprint density at radius 1 is 1.47 bits per heavy atom. The van der Waals surface area contributed by atoms with Gasteiger partial charge in [-0.25, -0.2) is 0 Å². The molecule has 4 heteroatoms. The Bertz CT molecular complexity index is 358. The normalized spacial score (nSPS) is 16.8. The minimum Gasteiger partial charge on any atom is -0.355 e. The highest BCUT2D eigenvalue weighted by atomic mass is 32.1. The largest absolute Gasteiger partial charge is 0.355 e. The van der Waals surface area contributed by atoms with Gasteiger partial charge in [-0.15, -0.1) is 11.3 Å². The van der Waals surface area contributed by atoms with Crippen LogP contribution in [0.3, 0.4) is 0 Å². The van der Waals surface area contributed by atoms with E-state index in [1.165, 1.54) is 17.7 Å². The topological polar surface area (TPSA) is 41.1 Å². The highest BCUT2D eigenvalue weighted by molar-refractivity contribution is 7.09. The average molecular weight is 252 g/mol. The zero-order valence-electron chi connectivity index (χ0n) is 10.3. The molecule has 1 aliphatic rings. The fourth-order valence-corrected chi connectivity index (χ4v) is 2.74. The van der Waals surface area contributed by atoms with Crippen LogP contribution in [0.1, 0.15) is 24.1 Å². The summed E-state index contributed by atoms with van der Waals surface area (Å²) in [5.41, 5.74) is 0.355. The Balaban J connectivity index is 1.64. The molecule has 1 saturated carbocycles. The summed E-state index contributed by atoms with van der Waals surface area (Å²) in [6, 6.07) is 4.12. The van der Waals surface area contributed by atoms with Gasteiger partial charge < -0.3 is 10.6 Å². The van der Waals surface area contributed by atoms with Crippen LogP contribution < -0.4 is 10.6 Å². The Morgan fingerprint density at radius 2 is 2.29 bits per heavy atom. The number of hydrogen-bond donors (Lipinski definition) is 2. The summed E-state index contributed by atoms with van der Waals surface area (Å²) in [5.74, 6) is 0.181. The van der Waals surface area contributed by atoms with Gasteiger partial charge in [0.15, 0.2) is 0 Å². The van der Waals surface area contributed by atoms with E-state index in [0.717, 1.165) is 19.5 Å². The molecular weight excluding hydrogens is 232 g/mol. The monoisotopic (exact) mass is 252 g/mol. The van der Waals surface area contributed by atoms with E-state index in [-0.39, 0.29) is 5.91 Å². The molecule has 94 valence electrons. The van der Waals surface area contributed by atoms with E-state index in [0.29, 0.717) is 11.8 Å². The van der Waals surface area contributed by atoms with Gasteiger partial charge in [-0.1, -0.05) is 6.07 Å². The second kappa shape index (κ2) is 5.65. The molecule has 3 nitrogen and oxygen atoms in total. The van der Waals surface area contributed by atoms with Gasteiger partial charge in [0.25, 0.3) is 0 Å². The molecule has 0 atom stereocenters. The van der Waals surface area contributed by atoms with Crippen molar-refractivity contribution in [3.05, 3.63) is 22.4 Å². The molecule has 1 aromatic heterocycles. The second-order valence-electron chi connectivity index (χ2n) is 4.89. The van der Waals surface area contributed by atoms with E-state index >= 15 is 0 Å². The molecule has 1 amide bonds. The van der Waals surface area contributed by atoms with Gasteiger partial charge in [-0.3, -0.25) is 4.79 Å². The summed E-state index contributed by atoms with van der Waals surface area (Å²) < 4.78 is 0. The summed E-state index contributed by atoms with van der Waals surface area (Å²) in [7, 11) is 1.97. The van der Waals surface area contributed by atoms with E-state index in [2.05, 4.69) is 22.1 Å². The minimum atomic E-state index is 0.181. The molecule has 0 aliphatic heterocycles. The lowest BCUT2D eigenvalue weighted by molar-refractivity contribution is -0.121. The van der Waals surface area contributed by atoms with E-state index in [1.807, 2.05) is 13.1 Å². The third kappa shape index (κ3) is 3.82. The molecule has 0 radical (unpaired) electrons. The number of rotatable bonds is 7. The van der Waals surface area contributed by atoms with Crippen molar-refractivity contribution in [1.29, 1.82) is 0 Å². The summed E-state index contributed by atoms with van der Waals surface area (Å²) in [6.45, 7) is 1.84. The fraction of sp³-hybridized carbons (Fsp3) is 0.615. The third-order valence-corrected chi connectivity index (χ3v) is 4.28. The number of carbonyl (C=O) groups is 1. The Hall–Kier alpha value is -0.870. The van der Waals surface area contributed by atoms with Crippen LogP contribution in [0.2, 0.25) is 0 Å². The lowest BCUT2D eigenvalue weighted by Crippen LogP contribution is -2.34. The highest BCUT2D eigenvalue weighted by Crippen LogP contribution is 2.44. The standard InChI is InChI=1S/C13H20N2OS/c1-14-9-13(6-7-13)10-15-12(16)5-4-11-3-2-8-17-11/h2-3,8,14H,4-7,9-10H2,1H3,(H,15,16). The van der Waals surface area contributed by atoms with Gasteiger partial charge in [-0.05, 0) is 37.8 Å². The Morgan fingerprint density at radius 3 is 2.88 bits per heavy atom. The highest BCUT2D eigenvalue weighted by Gasteiger charge is 2.41. The fourth-order valence-electron chi connectivity index (χ4n) is 2.03. The van der Waals surface area contributed by atoms with Gasteiger partial charge in [0.2, 0.25) is 5.91 Å². The van der Waals surface area contributed by atoms with Crippen LogP contribution in [0, 0.1) is 5.41 Å². The predicted octanol–water partition coefficient (Wildman–Crippen LogP) is 1.80. The summed E-state index contributed by atoms with van der Waals surface area (Å²) in [6.07, 6.45) is 3.94. The number of amides is 1. The maximum absolute atomic E-state index is 11.7. The second-order valence-corrected chi connectivity index (χ2v) is 5.92. The zero-order chi connectivity index (χ0) is 12.1. The molecule has 1 fully saturated rings. The Kier molecular flexibility index (Phi) is 4.18. The molecule has 1 aromatic rings. The molecule has 0 bridgehead atoms. The quantitative estimate of drug-likeness (QED) is 0.777. The van der Waals surface area contributed by atoms with E-state index in [4.69, 9.17) is 0 Å². The maximum atomic E-state index is 11.7. The van der Waals surface area contributed by atoms with Crippen LogP contribution in [0.25, 0.3) is 0 Å². The van der Waals surface area contributed by atoms with Crippen LogP contribution in [0.4, 0.5) is 0 Å². The molecule has 0 spiro atoms. The molecule has 17 heavy (non-hydrogen) atoms. The first-order valence-electron chi connectivity index (χ1n) is 6.18. The number of thiophene rings is 1. The number of nitrogens with one attached hydrogen (secondary N) is 2. The SMILES string of the molecule is CNCC1(CNC(=O)CCc2cccs2)CC1. The summed E-state index contributed by atoms with van der Waals surface area (Å²) in [5, 5.41) is 8.31. The Labute approximate surface area is 107 Å². The number of aryl methyl sites for hydroxylation is 1. The first kappa shape index (κ1) is 12.6. The van der Waals surface area contributed by atoms with Gasteiger partial charge >= 0.3 is 0 Å². The number of carbonyl (C=O) groups excluding carboxylic acids is 1. The lowest BCUT2D eigenvalue weighted by atomic mass is 10.1. The molecule has 0 unspecified atom stereocenters. The van der Waals surface area contributed by atoms with Gasteiger partial charge in [0, 0.05) is 29.8 Å². The molecular formula is C13H20N2OS. The minimum absolute atomic E-state index is 0.181. The summed E-state index contributed by atoms with van der Waals surface area (Å²) >= 11 is 1.72. The average Bonchev–Trinajstić information content (AvgIpc) is 2.90. The van der Waals surface area contributed by atoms with E-state index in [1.54, 1.807) is 11.3 Å². The van der Waals surface area contributed by atoms with Crippen LogP contribution in [0.5, 0.6) is 0 Å². The van der Waals surface area contributed by atoms with Gasteiger partial charge in [0.05, 0.1) is 0 Å². The predicted molar refractivity (Wildman–Crippen MR) is 71.2 cm³/mol. The third-order valence-electron chi connectivity index (χ3n) is 3.35. The lowest BCUT2D eigenvalue weighted by Gasteiger charge is -2.15. The van der Waals surface area contributed by atoms with E-state index < -0.39 is 0 Å². The van der Waals surface area contributed by atoms with Crippen molar-refractivity contribution in [3.8, 4) is 0 Å². The van der Waals surface area contributed by atoms with Crippen molar-refractivity contribution < 1.29 is 4.79 Å². The maximum Gasteiger partial charge on any atom is 0.220 e. The van der Waals surface area contributed by atoms with Crippen molar-refractivity contribution in [1.82, 2.24) is 10.6 Å². The number of hydrogen-bond acceptors (Lipinski definition) is 3. The molecule has 1 heterocycles. The van der Waals surface area contributed by atoms with Gasteiger partial charge in [-0.2, -0.15) is 0 Å². The molecule has 0 saturated heterocycles. The molecule has 1 aliphatic carbocycles. The van der Waals surface area contributed by atoms with Crippen molar-refractivity contribution in [2.75, 3.05) is 20.1 Å². The molecule has 0 aromatic carbocycles. The van der Waals surface area contributed by atoms with Gasteiger partial charge in [0.1, 0.15) is 0 Å². The van der Waals surface area contributed by atoms with Crippen LogP contribution in [-0.2, 0) is 11.2 Å². The van der Waals surface area contributed by atoms with Crippen LogP contribution in [-0.4, -0.2) is 26.0 Å². The molecule has 2 N–H and O–H groups in total. The van der Waals surface area contributed by atoms with Crippen LogP contribution >= 0.6 is 11.3 Å². The van der Waals surface area contributed by atoms with Crippen molar-refractivity contribution in [2.24, 2.45) is 5.41 Å². The van der Waals surface area contributed by atoms with Crippen molar-refractivity contribution in [2.45, 2.75) is 25.7 Å². The molecule has 2 rings (SSSR count). The van der Waals surface area contributed by atoms with Crippen molar-refractivity contribution in [3.63, 3.8) is 0 Å². The first-order valence-corrected chi connectivity index (χ1v) is 7.06. The van der Waals surface area contributed by atoms with Crippen LogP contribution in [0.15, 0.2) is 17.5 Å².